The molecule has 1 saturated heterocycles. The van der Waals surface area contributed by atoms with Crippen LogP contribution in [0.1, 0.15) is 36.8 Å². The van der Waals surface area contributed by atoms with Gasteiger partial charge in [0.25, 0.3) is 0 Å². The van der Waals surface area contributed by atoms with Crippen LogP contribution in [0.4, 0.5) is 0 Å². The molecular weight excluding hydrogens is 304 g/mol. The van der Waals surface area contributed by atoms with Crippen molar-refractivity contribution in [2.45, 2.75) is 57.4 Å². The molecule has 2 aliphatic rings. The molecule has 2 fully saturated rings. The lowest BCUT2D eigenvalue weighted by Gasteiger charge is -2.20. The summed E-state index contributed by atoms with van der Waals surface area (Å²) in [7, 11) is 0. The molecule has 5 heteroatoms. The van der Waals surface area contributed by atoms with E-state index in [2.05, 4.69) is 41.8 Å². The topological polar surface area (TPSA) is 70.6 Å². The zero-order valence-corrected chi connectivity index (χ0v) is 14.3. The Balaban J connectivity index is 1.41. The third kappa shape index (κ3) is 4.35. The minimum atomic E-state index is -0.598. The molecule has 24 heavy (non-hydrogen) atoms. The van der Waals surface area contributed by atoms with Crippen LogP contribution in [0.3, 0.4) is 0 Å². The number of amides is 1. The van der Waals surface area contributed by atoms with E-state index in [0.29, 0.717) is 19.7 Å². The van der Waals surface area contributed by atoms with Crippen molar-refractivity contribution in [2.24, 2.45) is 5.92 Å². The van der Waals surface area contributed by atoms with E-state index in [0.717, 1.165) is 25.7 Å². The van der Waals surface area contributed by atoms with E-state index in [4.69, 9.17) is 4.74 Å². The van der Waals surface area contributed by atoms with Crippen molar-refractivity contribution in [2.75, 3.05) is 13.2 Å². The molecule has 132 valence electrons. The maximum atomic E-state index is 12.1. The number of carbonyl (C=O) groups excluding carboxylic acids is 1. The smallest absolute Gasteiger partial charge is 0.223 e. The quantitative estimate of drug-likeness (QED) is 0.739. The fourth-order valence-electron chi connectivity index (χ4n) is 3.53. The van der Waals surface area contributed by atoms with Crippen LogP contribution in [-0.4, -0.2) is 42.4 Å². The molecule has 0 radical (unpaired) electrons. The number of benzene rings is 1. The largest absolute Gasteiger partial charge is 0.389 e. The summed E-state index contributed by atoms with van der Waals surface area (Å²) in [6.07, 6.45) is 3.34. The predicted octanol–water partition coefficient (Wildman–Crippen LogP) is 1.52. The summed E-state index contributed by atoms with van der Waals surface area (Å²) in [4.78, 5) is 12.1. The normalized spacial score (nSPS) is 27.5. The Morgan fingerprint density at radius 3 is 2.67 bits per heavy atom. The highest BCUT2D eigenvalue weighted by Gasteiger charge is 2.36. The number of ether oxygens (including phenoxy) is 1. The van der Waals surface area contributed by atoms with Gasteiger partial charge in [-0.3, -0.25) is 4.79 Å². The molecule has 0 spiro atoms. The molecule has 3 N–H and O–H groups in total. The van der Waals surface area contributed by atoms with Crippen molar-refractivity contribution in [3.63, 3.8) is 0 Å². The number of nitrogens with one attached hydrogen (secondary N) is 2. The highest BCUT2D eigenvalue weighted by atomic mass is 16.5. The minimum Gasteiger partial charge on any atom is -0.389 e. The van der Waals surface area contributed by atoms with Crippen LogP contribution in [0.15, 0.2) is 24.3 Å². The monoisotopic (exact) mass is 332 g/mol. The van der Waals surface area contributed by atoms with E-state index in [-0.39, 0.29) is 24.0 Å². The summed E-state index contributed by atoms with van der Waals surface area (Å²) in [6.45, 7) is 3.62. The second-order valence-corrected chi connectivity index (χ2v) is 7.06. The lowest BCUT2D eigenvalue weighted by atomic mass is 10.1. The molecule has 1 heterocycles. The van der Waals surface area contributed by atoms with Crippen molar-refractivity contribution >= 4 is 5.91 Å². The third-order valence-electron chi connectivity index (χ3n) is 5.18. The molecule has 1 aromatic rings. The Morgan fingerprint density at radius 1 is 1.25 bits per heavy atom. The molecule has 3 rings (SSSR count). The van der Waals surface area contributed by atoms with Crippen LogP contribution >= 0.6 is 0 Å². The van der Waals surface area contributed by atoms with E-state index in [9.17, 15) is 9.90 Å². The summed E-state index contributed by atoms with van der Waals surface area (Å²) in [6, 6.07) is 8.24. The molecule has 1 saturated carbocycles. The minimum absolute atomic E-state index is 0.0975. The molecule has 0 aromatic heterocycles. The van der Waals surface area contributed by atoms with Crippen molar-refractivity contribution in [3.8, 4) is 0 Å². The van der Waals surface area contributed by atoms with Gasteiger partial charge in [0.05, 0.1) is 18.8 Å². The average molecular weight is 332 g/mol. The summed E-state index contributed by atoms with van der Waals surface area (Å²) >= 11 is 0. The number of hydrogen-bond acceptors (Lipinski definition) is 4. The van der Waals surface area contributed by atoms with Gasteiger partial charge >= 0.3 is 0 Å². The van der Waals surface area contributed by atoms with Gasteiger partial charge in [-0.05, 0) is 25.3 Å². The van der Waals surface area contributed by atoms with Gasteiger partial charge in [-0.2, -0.15) is 0 Å². The Kier molecular flexibility index (Phi) is 5.87. The molecule has 1 aromatic carbocycles. The number of hydrogen-bond donors (Lipinski definition) is 3. The van der Waals surface area contributed by atoms with Gasteiger partial charge in [-0.15, -0.1) is 0 Å². The highest BCUT2D eigenvalue weighted by Crippen LogP contribution is 2.24. The molecular formula is C19H28N2O3. The van der Waals surface area contributed by atoms with Gasteiger partial charge in [0.1, 0.15) is 6.10 Å². The maximum Gasteiger partial charge on any atom is 0.223 e. The number of carbonyl (C=O) groups is 1. The van der Waals surface area contributed by atoms with Crippen molar-refractivity contribution in [1.82, 2.24) is 10.6 Å². The van der Waals surface area contributed by atoms with E-state index >= 15 is 0 Å². The average Bonchev–Trinajstić information content (AvgIpc) is 3.23. The van der Waals surface area contributed by atoms with Gasteiger partial charge in [-0.25, -0.2) is 0 Å². The van der Waals surface area contributed by atoms with Crippen LogP contribution in [0.5, 0.6) is 0 Å². The number of aliphatic hydroxyl groups is 1. The lowest BCUT2D eigenvalue weighted by Crippen LogP contribution is -2.45. The lowest BCUT2D eigenvalue weighted by molar-refractivity contribution is -0.125. The summed E-state index contributed by atoms with van der Waals surface area (Å²) in [5.41, 5.74) is 2.42. The summed E-state index contributed by atoms with van der Waals surface area (Å²) < 4.78 is 5.67. The summed E-state index contributed by atoms with van der Waals surface area (Å²) in [5.74, 6) is 0.262. The molecule has 1 aliphatic heterocycles. The Labute approximate surface area is 143 Å². The second kappa shape index (κ2) is 8.10. The third-order valence-corrected chi connectivity index (χ3v) is 5.18. The summed E-state index contributed by atoms with van der Waals surface area (Å²) in [5, 5.41) is 16.7. The maximum absolute atomic E-state index is 12.1. The number of aliphatic hydroxyl groups excluding tert-OH is 1. The Hall–Kier alpha value is -1.43. The molecule has 3 unspecified atom stereocenters. The van der Waals surface area contributed by atoms with Gasteiger partial charge in [0.15, 0.2) is 0 Å². The van der Waals surface area contributed by atoms with Crippen LogP contribution in [-0.2, 0) is 16.1 Å². The zero-order chi connectivity index (χ0) is 16.9. The second-order valence-electron chi connectivity index (χ2n) is 7.06. The van der Waals surface area contributed by atoms with Crippen LogP contribution in [0.25, 0.3) is 0 Å². The van der Waals surface area contributed by atoms with E-state index < -0.39 is 6.10 Å². The first-order valence-corrected chi connectivity index (χ1v) is 9.00. The zero-order valence-electron chi connectivity index (χ0n) is 14.3. The van der Waals surface area contributed by atoms with Gasteiger partial charge in [0, 0.05) is 19.0 Å². The predicted molar refractivity (Wildman–Crippen MR) is 92.5 cm³/mol. The first-order chi connectivity index (χ1) is 11.6. The fourth-order valence-corrected chi connectivity index (χ4v) is 3.53. The molecule has 5 nitrogen and oxygen atoms in total. The van der Waals surface area contributed by atoms with Gasteiger partial charge < -0.3 is 20.5 Å². The van der Waals surface area contributed by atoms with E-state index in [1.54, 1.807) is 0 Å². The SMILES string of the molecule is Cc1ccc(CNC2COC(CNC(=O)C3CCCC3)C2O)cc1. The van der Waals surface area contributed by atoms with E-state index in [1.165, 1.54) is 11.1 Å². The number of rotatable bonds is 6. The molecule has 3 atom stereocenters. The Bertz CT molecular complexity index is 540. The standard InChI is InChI=1S/C19H28N2O3/c1-13-6-8-14(9-7-13)10-20-16-12-24-17(18(16)22)11-21-19(23)15-4-2-3-5-15/h6-9,15-18,20,22H,2-5,10-12H2,1H3,(H,21,23). The van der Waals surface area contributed by atoms with Crippen LogP contribution in [0.2, 0.25) is 0 Å². The van der Waals surface area contributed by atoms with Crippen LogP contribution < -0.4 is 10.6 Å². The Morgan fingerprint density at radius 2 is 1.96 bits per heavy atom. The van der Waals surface area contributed by atoms with Crippen LogP contribution in [0, 0.1) is 12.8 Å². The molecule has 1 amide bonds. The van der Waals surface area contributed by atoms with Gasteiger partial charge in [0.2, 0.25) is 5.91 Å². The number of aryl methyl sites for hydroxylation is 1. The van der Waals surface area contributed by atoms with Crippen molar-refractivity contribution in [1.29, 1.82) is 0 Å². The first kappa shape index (κ1) is 17.4. The van der Waals surface area contributed by atoms with Crippen molar-refractivity contribution in [3.05, 3.63) is 35.4 Å². The van der Waals surface area contributed by atoms with E-state index in [1.807, 2.05) is 0 Å². The fraction of sp³-hybridized carbons (Fsp3) is 0.632. The highest BCUT2D eigenvalue weighted by molar-refractivity contribution is 5.78. The first-order valence-electron chi connectivity index (χ1n) is 9.00. The molecule has 0 bridgehead atoms. The molecule has 1 aliphatic carbocycles. The van der Waals surface area contributed by atoms with Gasteiger partial charge in [-0.1, -0.05) is 42.7 Å². The van der Waals surface area contributed by atoms with Crippen molar-refractivity contribution < 1.29 is 14.6 Å².